The predicted octanol–water partition coefficient (Wildman–Crippen LogP) is 3.31. The van der Waals surface area contributed by atoms with E-state index in [2.05, 4.69) is 0 Å². The zero-order valence-electron chi connectivity index (χ0n) is 14.5. The highest BCUT2D eigenvalue weighted by atomic mass is 16.5. The summed E-state index contributed by atoms with van der Waals surface area (Å²) in [5.41, 5.74) is 6.90. The maximum Gasteiger partial charge on any atom is 0.247 e. The molecule has 126 valence electrons. The van der Waals surface area contributed by atoms with Crippen LogP contribution in [0.25, 0.3) is 0 Å². The number of hydrogen-bond donors (Lipinski definition) is 3. The number of aliphatic hydroxyl groups excluding tert-OH is 1. The van der Waals surface area contributed by atoms with Crippen LogP contribution in [0.4, 0.5) is 0 Å². The Balaban J connectivity index is 2.65. The number of benzene rings is 1. The Kier molecular flexibility index (Phi) is 3.87. The van der Waals surface area contributed by atoms with Crippen LogP contribution in [0, 0.1) is 0 Å². The van der Waals surface area contributed by atoms with E-state index in [1.54, 1.807) is 12.1 Å². The Morgan fingerprint density at radius 2 is 1.43 bits per heavy atom. The molecular formula is C18H25NO4. The second-order valence-corrected chi connectivity index (χ2v) is 8.04. The maximum atomic E-state index is 12.1. The van der Waals surface area contributed by atoms with E-state index in [0.29, 0.717) is 5.56 Å². The van der Waals surface area contributed by atoms with Gasteiger partial charge in [0.15, 0.2) is 6.10 Å². The van der Waals surface area contributed by atoms with Gasteiger partial charge in [-0.2, -0.15) is 0 Å². The number of ketones is 1. The van der Waals surface area contributed by atoms with Crippen LogP contribution in [0.3, 0.4) is 0 Å². The molecule has 1 aromatic carbocycles. The first-order chi connectivity index (χ1) is 10.3. The first-order valence-corrected chi connectivity index (χ1v) is 7.61. The summed E-state index contributed by atoms with van der Waals surface area (Å²) in [5.74, 6) is -1.14. The lowest BCUT2D eigenvalue weighted by Gasteiger charge is -2.29. The fraction of sp³-hybridized carbons (Fsp3) is 0.500. The summed E-state index contributed by atoms with van der Waals surface area (Å²) in [7, 11) is 0. The van der Waals surface area contributed by atoms with Crippen LogP contribution in [0.1, 0.15) is 64.3 Å². The number of phenolic OH excluding ortho intramolecular Hbond substituents is 1. The number of ether oxygens (including phenoxy) is 1. The van der Waals surface area contributed by atoms with Gasteiger partial charge in [0.25, 0.3) is 0 Å². The van der Waals surface area contributed by atoms with Crippen molar-refractivity contribution in [3.63, 3.8) is 0 Å². The third-order valence-corrected chi connectivity index (χ3v) is 4.00. The van der Waals surface area contributed by atoms with Crippen molar-refractivity contribution < 1.29 is 19.7 Å². The fourth-order valence-corrected chi connectivity index (χ4v) is 2.65. The molecule has 0 bridgehead atoms. The lowest BCUT2D eigenvalue weighted by atomic mass is 9.77. The van der Waals surface area contributed by atoms with Gasteiger partial charge in [-0.3, -0.25) is 4.79 Å². The van der Waals surface area contributed by atoms with Gasteiger partial charge in [0.05, 0.1) is 0 Å². The molecule has 0 radical (unpaired) electrons. The minimum absolute atomic E-state index is 0.226. The van der Waals surface area contributed by atoms with E-state index in [-0.39, 0.29) is 22.5 Å². The van der Waals surface area contributed by atoms with Crippen molar-refractivity contribution in [2.45, 2.75) is 58.5 Å². The number of Topliss-reactive ketones (excluding diaryl/α,β-unsaturated/α-hetero) is 1. The van der Waals surface area contributed by atoms with Crippen molar-refractivity contribution in [3.8, 4) is 5.75 Å². The molecule has 4 N–H and O–H groups in total. The van der Waals surface area contributed by atoms with Crippen LogP contribution < -0.4 is 5.73 Å². The number of aromatic hydroxyl groups is 1. The summed E-state index contributed by atoms with van der Waals surface area (Å²) >= 11 is 0. The third kappa shape index (κ3) is 3.00. The zero-order valence-corrected chi connectivity index (χ0v) is 14.5. The van der Waals surface area contributed by atoms with Crippen LogP contribution in [0.5, 0.6) is 5.75 Å². The SMILES string of the molecule is CC(C)(C)c1cc(C2OC(N)=C(O)C2=O)cc(C(C)(C)C)c1O. The van der Waals surface area contributed by atoms with Crippen molar-refractivity contribution in [2.75, 3.05) is 0 Å². The highest BCUT2D eigenvalue weighted by Crippen LogP contribution is 2.42. The fourth-order valence-electron chi connectivity index (χ4n) is 2.65. The van der Waals surface area contributed by atoms with Crippen molar-refractivity contribution in [2.24, 2.45) is 5.73 Å². The van der Waals surface area contributed by atoms with E-state index in [4.69, 9.17) is 10.5 Å². The number of carbonyl (C=O) groups is 1. The van der Waals surface area contributed by atoms with E-state index < -0.39 is 17.6 Å². The highest BCUT2D eigenvalue weighted by molar-refractivity contribution is 5.99. The molecule has 5 nitrogen and oxygen atoms in total. The van der Waals surface area contributed by atoms with Crippen LogP contribution in [0.15, 0.2) is 23.8 Å². The molecule has 2 rings (SSSR count). The van der Waals surface area contributed by atoms with Gasteiger partial charge in [-0.15, -0.1) is 0 Å². The number of carbonyl (C=O) groups excluding carboxylic acids is 1. The van der Waals surface area contributed by atoms with Gasteiger partial charge in [0, 0.05) is 5.56 Å². The molecule has 0 spiro atoms. The van der Waals surface area contributed by atoms with Crippen molar-refractivity contribution >= 4 is 5.78 Å². The van der Waals surface area contributed by atoms with Crippen LogP contribution >= 0.6 is 0 Å². The second-order valence-electron chi connectivity index (χ2n) is 8.04. The average Bonchev–Trinajstić information content (AvgIpc) is 2.64. The smallest absolute Gasteiger partial charge is 0.247 e. The Bertz CT molecular complexity index is 655. The topological polar surface area (TPSA) is 92.8 Å². The first kappa shape index (κ1) is 17.2. The maximum absolute atomic E-state index is 12.1. The standard InChI is InChI=1S/C18H25NO4/c1-17(2,3)10-7-9(8-11(12(10)20)18(4,5)6)15-13(21)14(22)16(19)23-15/h7-8,15,20,22H,19H2,1-6H3. The lowest BCUT2D eigenvalue weighted by Crippen LogP contribution is -2.20. The molecule has 0 fully saturated rings. The van der Waals surface area contributed by atoms with Crippen LogP contribution in [0.2, 0.25) is 0 Å². The van der Waals surface area contributed by atoms with Gasteiger partial charge >= 0.3 is 0 Å². The van der Waals surface area contributed by atoms with Gasteiger partial charge < -0.3 is 20.7 Å². The lowest BCUT2D eigenvalue weighted by molar-refractivity contribution is -0.123. The number of hydrogen-bond acceptors (Lipinski definition) is 5. The number of nitrogens with two attached hydrogens (primary N) is 1. The van der Waals surface area contributed by atoms with Crippen molar-refractivity contribution in [1.29, 1.82) is 0 Å². The molecule has 5 heteroatoms. The van der Waals surface area contributed by atoms with E-state index in [1.807, 2.05) is 41.5 Å². The monoisotopic (exact) mass is 319 g/mol. The quantitative estimate of drug-likeness (QED) is 0.738. The van der Waals surface area contributed by atoms with Gasteiger partial charge in [0.2, 0.25) is 17.4 Å². The molecule has 0 amide bonds. The Morgan fingerprint density at radius 3 is 1.74 bits per heavy atom. The molecule has 1 aliphatic rings. The molecule has 1 atom stereocenters. The average molecular weight is 319 g/mol. The molecule has 0 aliphatic carbocycles. The molecule has 1 aromatic rings. The van der Waals surface area contributed by atoms with Crippen LogP contribution in [-0.4, -0.2) is 16.0 Å². The van der Waals surface area contributed by atoms with Crippen molar-refractivity contribution in [1.82, 2.24) is 0 Å². The minimum Gasteiger partial charge on any atom is -0.507 e. The molecular weight excluding hydrogens is 294 g/mol. The molecule has 0 saturated carbocycles. The summed E-state index contributed by atoms with van der Waals surface area (Å²) < 4.78 is 5.32. The zero-order chi connectivity index (χ0) is 17.7. The van der Waals surface area contributed by atoms with Gasteiger partial charge in [0.1, 0.15) is 5.75 Å². The van der Waals surface area contributed by atoms with Gasteiger partial charge in [-0.05, 0) is 34.1 Å². The summed E-state index contributed by atoms with van der Waals surface area (Å²) in [5, 5.41) is 20.3. The number of rotatable bonds is 1. The normalized spacial score (nSPS) is 19.2. The van der Waals surface area contributed by atoms with Crippen LogP contribution in [-0.2, 0) is 20.4 Å². The molecule has 23 heavy (non-hydrogen) atoms. The molecule has 1 unspecified atom stereocenters. The predicted molar refractivity (Wildman–Crippen MR) is 88.2 cm³/mol. The Morgan fingerprint density at radius 1 is 1.00 bits per heavy atom. The van der Waals surface area contributed by atoms with Gasteiger partial charge in [-0.25, -0.2) is 0 Å². The summed E-state index contributed by atoms with van der Waals surface area (Å²) in [6, 6.07) is 3.50. The van der Waals surface area contributed by atoms with Crippen molar-refractivity contribution in [3.05, 3.63) is 40.5 Å². The Labute approximate surface area is 136 Å². The molecule has 1 heterocycles. The molecule has 0 aromatic heterocycles. The van der Waals surface area contributed by atoms with E-state index in [9.17, 15) is 15.0 Å². The Hall–Kier alpha value is -2.17. The minimum atomic E-state index is -0.974. The van der Waals surface area contributed by atoms with E-state index in [0.717, 1.165) is 11.1 Å². The van der Waals surface area contributed by atoms with E-state index >= 15 is 0 Å². The molecule has 1 aliphatic heterocycles. The summed E-state index contributed by atoms with van der Waals surface area (Å²) in [6.07, 6.45) is -0.974. The summed E-state index contributed by atoms with van der Waals surface area (Å²) in [4.78, 5) is 12.1. The summed E-state index contributed by atoms with van der Waals surface area (Å²) in [6.45, 7) is 11.9. The second kappa shape index (κ2) is 5.18. The first-order valence-electron chi connectivity index (χ1n) is 7.61. The highest BCUT2D eigenvalue weighted by Gasteiger charge is 2.37. The third-order valence-electron chi connectivity index (χ3n) is 4.00. The number of phenols is 1. The number of aliphatic hydroxyl groups is 1. The van der Waals surface area contributed by atoms with Gasteiger partial charge in [-0.1, -0.05) is 41.5 Å². The largest absolute Gasteiger partial charge is 0.507 e. The van der Waals surface area contributed by atoms with E-state index in [1.165, 1.54) is 0 Å². The molecule has 0 saturated heterocycles.